The third kappa shape index (κ3) is 3.20. The zero-order valence-corrected chi connectivity index (χ0v) is 21.6. The number of benzene rings is 4. The molecule has 0 saturated heterocycles. The van der Waals surface area contributed by atoms with Gasteiger partial charge in [-0.3, -0.25) is 0 Å². The number of hydrogen-bond acceptors (Lipinski definition) is 0. The molecule has 1 heterocycles. The lowest BCUT2D eigenvalue weighted by molar-refractivity contribution is -0.660. The summed E-state index contributed by atoms with van der Waals surface area (Å²) in [4.78, 5) is 0. The lowest BCUT2D eigenvalue weighted by Gasteiger charge is -2.43. The van der Waals surface area contributed by atoms with Crippen LogP contribution in [0.25, 0.3) is 22.4 Å². The summed E-state index contributed by atoms with van der Waals surface area (Å²) in [6.07, 6.45) is 1.73. The van der Waals surface area contributed by atoms with Crippen LogP contribution in [0.15, 0.2) is 91.1 Å². The van der Waals surface area contributed by atoms with Crippen LogP contribution in [0.4, 0.5) is 0 Å². The van der Waals surface area contributed by atoms with Gasteiger partial charge in [0.1, 0.15) is 7.05 Å². The van der Waals surface area contributed by atoms with Gasteiger partial charge in [-0.25, -0.2) is 4.57 Å². The Morgan fingerprint density at radius 3 is 1.97 bits per heavy atom. The molecule has 1 heteroatoms. The molecule has 2 bridgehead atoms. The Morgan fingerprint density at radius 1 is 0.595 bits per heavy atom. The van der Waals surface area contributed by atoms with E-state index in [-0.39, 0.29) is 5.56 Å². The molecule has 8 rings (SSSR count). The Balaban J connectivity index is 1.56. The van der Waals surface area contributed by atoms with Gasteiger partial charge >= 0.3 is 0 Å². The summed E-state index contributed by atoms with van der Waals surface area (Å²) in [5, 5.41) is 0. The maximum Gasteiger partial charge on any atom is 0.213 e. The fraction of sp³-hybridized carbons (Fsp3) is 0.194. The molecule has 37 heavy (non-hydrogen) atoms. The van der Waals surface area contributed by atoms with Crippen molar-refractivity contribution in [3.8, 4) is 22.4 Å². The molecule has 0 aliphatic heterocycles. The van der Waals surface area contributed by atoms with Crippen LogP contribution in [0.1, 0.15) is 74.3 Å². The van der Waals surface area contributed by atoms with Crippen LogP contribution in [0.5, 0.6) is 0 Å². The number of pyridine rings is 1. The zero-order chi connectivity index (χ0) is 29.8. The number of aromatic nitrogens is 1. The van der Waals surface area contributed by atoms with E-state index in [9.17, 15) is 2.74 Å². The molecular formula is C36H32N+. The van der Waals surface area contributed by atoms with Gasteiger partial charge in [0.2, 0.25) is 5.69 Å². The molecule has 0 saturated carbocycles. The predicted molar refractivity (Wildman–Crippen MR) is 152 cm³/mol. The first-order valence-electron chi connectivity index (χ1n) is 15.3. The molecule has 1 aromatic heterocycles. The van der Waals surface area contributed by atoms with Crippen molar-refractivity contribution in [2.75, 3.05) is 0 Å². The standard InChI is InChI=1S/C36H32N/c1-21-14-15-28-31(16-21)36-27-13-9-8-12-26(27)35(28)33-18-29(23(3)17-32(33)36)30-19-34(37(5)20-24(30)4)25-11-7-6-10-22(25)2/h6-20,35-36H,1-5H3/q+1/i4D3,35D,36D. The Labute approximate surface area is 227 Å². The highest BCUT2D eigenvalue weighted by molar-refractivity contribution is 5.78. The molecule has 3 aliphatic carbocycles. The van der Waals surface area contributed by atoms with Gasteiger partial charge in [-0.15, -0.1) is 0 Å². The molecule has 0 radical (unpaired) electrons. The maximum atomic E-state index is 10.2. The van der Waals surface area contributed by atoms with Gasteiger partial charge in [0, 0.05) is 35.8 Å². The molecule has 3 aliphatic rings. The highest BCUT2D eigenvalue weighted by Gasteiger charge is 2.41. The predicted octanol–water partition coefficient (Wildman–Crippen LogP) is 8.07. The van der Waals surface area contributed by atoms with Gasteiger partial charge in [0.25, 0.3) is 0 Å². The molecule has 0 spiro atoms. The van der Waals surface area contributed by atoms with E-state index in [0.29, 0.717) is 5.56 Å². The third-order valence-corrected chi connectivity index (χ3v) is 8.07. The largest absolute Gasteiger partial charge is 0.213 e. The SMILES string of the molecule is [2H]C([2H])([2H])c1c[n+](C)c(-c2ccccc2C)cc1-c1cc2c(cc1C)C1([2H])c3ccccc3C2([2H])c2ccc(C)cc21. The van der Waals surface area contributed by atoms with Crippen molar-refractivity contribution in [2.45, 2.75) is 39.4 Å². The first-order valence-corrected chi connectivity index (χ1v) is 12.8. The Bertz CT molecular complexity index is 1960. The quantitative estimate of drug-likeness (QED) is 0.224. The van der Waals surface area contributed by atoms with E-state index in [4.69, 9.17) is 4.11 Å². The molecule has 0 fully saturated rings. The second kappa shape index (κ2) is 8.02. The van der Waals surface area contributed by atoms with Crippen LogP contribution in [-0.2, 0) is 7.05 Å². The molecule has 180 valence electrons. The Hall–Kier alpha value is -3.97. The van der Waals surface area contributed by atoms with Gasteiger partial charge in [-0.1, -0.05) is 72.3 Å². The number of hydrogen-bond donors (Lipinski definition) is 0. The lowest BCUT2D eigenvalue weighted by atomic mass is 9.60. The minimum absolute atomic E-state index is 0.266. The molecule has 2 unspecified atom stereocenters. The lowest BCUT2D eigenvalue weighted by Crippen LogP contribution is -2.31. The van der Waals surface area contributed by atoms with E-state index >= 15 is 0 Å². The highest BCUT2D eigenvalue weighted by atomic mass is 14.9. The summed E-state index contributed by atoms with van der Waals surface area (Å²) in [7, 11) is 1.89. The average molecular weight is 484 g/mol. The molecule has 5 aromatic rings. The monoisotopic (exact) mass is 483 g/mol. The minimum atomic E-state index is -2.34. The van der Waals surface area contributed by atoms with Crippen molar-refractivity contribution in [3.05, 3.63) is 147 Å². The van der Waals surface area contributed by atoms with Crippen molar-refractivity contribution < 1.29 is 11.4 Å². The highest BCUT2D eigenvalue weighted by Crippen LogP contribution is 2.56. The molecule has 4 aromatic carbocycles. The Kier molecular flexibility index (Phi) is 3.79. The zero-order valence-electron chi connectivity index (χ0n) is 26.6. The molecule has 0 amide bonds. The van der Waals surface area contributed by atoms with E-state index in [0.717, 1.165) is 66.9 Å². The van der Waals surface area contributed by atoms with Crippen LogP contribution in [-0.4, -0.2) is 0 Å². The van der Waals surface area contributed by atoms with Crippen LogP contribution in [0.2, 0.25) is 0 Å². The molecule has 1 nitrogen and oxygen atoms in total. The van der Waals surface area contributed by atoms with Gasteiger partial charge in [-0.05, 0) is 95.4 Å². The van der Waals surface area contributed by atoms with E-state index in [1.54, 1.807) is 6.20 Å². The second-order valence-electron chi connectivity index (χ2n) is 10.5. The fourth-order valence-corrected chi connectivity index (χ4v) is 6.28. The number of aryl methyl sites for hydroxylation is 5. The van der Waals surface area contributed by atoms with Crippen LogP contribution in [0, 0.1) is 27.6 Å². The van der Waals surface area contributed by atoms with Crippen molar-refractivity contribution in [1.29, 1.82) is 0 Å². The van der Waals surface area contributed by atoms with E-state index in [1.807, 2.05) is 92.2 Å². The van der Waals surface area contributed by atoms with Crippen LogP contribution >= 0.6 is 0 Å². The first-order chi connectivity index (χ1) is 19.9. The summed E-state index contributed by atoms with van der Waals surface area (Å²) >= 11 is 0. The van der Waals surface area contributed by atoms with Crippen LogP contribution < -0.4 is 4.57 Å². The first kappa shape index (κ1) is 17.5. The van der Waals surface area contributed by atoms with Gasteiger partial charge in [0.15, 0.2) is 6.20 Å². The summed E-state index contributed by atoms with van der Waals surface area (Å²) in [6, 6.07) is 28.1. The second-order valence-corrected chi connectivity index (χ2v) is 10.5. The van der Waals surface area contributed by atoms with Gasteiger partial charge < -0.3 is 0 Å². The third-order valence-electron chi connectivity index (χ3n) is 8.07. The summed E-state index contributed by atoms with van der Waals surface area (Å²) < 4.78 is 47.5. The number of rotatable bonds is 2. The van der Waals surface area contributed by atoms with Gasteiger partial charge in [0.05, 0.1) is 0 Å². The smallest absolute Gasteiger partial charge is 0.201 e. The fourth-order valence-electron chi connectivity index (χ4n) is 6.28. The van der Waals surface area contributed by atoms with Gasteiger partial charge in [-0.2, -0.15) is 0 Å². The van der Waals surface area contributed by atoms with Crippen molar-refractivity contribution in [1.82, 2.24) is 0 Å². The van der Waals surface area contributed by atoms with Crippen molar-refractivity contribution in [2.24, 2.45) is 7.05 Å². The van der Waals surface area contributed by atoms with Crippen LogP contribution in [0.3, 0.4) is 0 Å². The summed E-state index contributed by atoms with van der Waals surface area (Å²) in [5.74, 6) is -2.39. The molecular weight excluding hydrogens is 446 g/mol. The topological polar surface area (TPSA) is 3.88 Å². The van der Waals surface area contributed by atoms with Crippen molar-refractivity contribution in [3.63, 3.8) is 0 Å². The molecule has 0 N–H and O–H groups in total. The Morgan fingerprint density at radius 2 is 1.22 bits per heavy atom. The van der Waals surface area contributed by atoms with Crippen molar-refractivity contribution >= 4 is 0 Å². The normalized spacial score (nSPS) is 23.1. The number of nitrogens with zero attached hydrogens (tertiary/aromatic N) is 1. The summed E-state index contributed by atoms with van der Waals surface area (Å²) in [6.45, 7) is 3.73. The molecule has 2 atom stereocenters. The van der Waals surface area contributed by atoms with E-state index < -0.39 is 18.6 Å². The minimum Gasteiger partial charge on any atom is -0.201 e. The maximum absolute atomic E-state index is 10.2. The van der Waals surface area contributed by atoms with E-state index in [2.05, 4.69) is 25.1 Å². The average Bonchev–Trinajstić information content (AvgIpc) is 2.95. The summed E-state index contributed by atoms with van der Waals surface area (Å²) in [5.41, 5.74) is 11.6. The van der Waals surface area contributed by atoms with E-state index in [1.165, 1.54) is 0 Å².